The molecule has 0 saturated carbocycles. The molecule has 0 aliphatic rings. The quantitative estimate of drug-likeness (QED) is 0.195. The first kappa shape index (κ1) is 28.0. The Morgan fingerprint density at radius 2 is 1.38 bits per heavy atom. The predicted molar refractivity (Wildman–Crippen MR) is 119 cm³/mol. The molecular weight excluding hydrogens is 440 g/mol. The summed E-state index contributed by atoms with van der Waals surface area (Å²) in [4.78, 5) is 10.1. The molecule has 1 aromatic carbocycles. The molecule has 1 heterocycles. The van der Waals surface area contributed by atoms with Crippen molar-refractivity contribution in [1.82, 2.24) is 10.2 Å². The van der Waals surface area contributed by atoms with E-state index in [0.29, 0.717) is 77.0 Å². The predicted octanol–water partition coefficient (Wildman–Crippen LogP) is 2.10. The van der Waals surface area contributed by atoms with Crippen molar-refractivity contribution in [3.8, 4) is 17.2 Å². The molecule has 180 valence electrons. The zero-order chi connectivity index (χ0) is 23.3. The molecule has 11 heteroatoms. The van der Waals surface area contributed by atoms with Crippen LogP contribution >= 0.6 is 11.8 Å². The van der Waals surface area contributed by atoms with Crippen molar-refractivity contribution in [2.24, 2.45) is 0 Å². The third kappa shape index (κ3) is 12.7. The number of aliphatic hydroxyl groups is 1. The maximum atomic E-state index is 10.1. The first-order valence-electron chi connectivity index (χ1n) is 10.1. The Balaban J connectivity index is 0.00000249. The lowest BCUT2D eigenvalue weighted by atomic mass is 10.2. The van der Waals surface area contributed by atoms with E-state index < -0.39 is 0 Å². The zero-order valence-electron chi connectivity index (χ0n) is 18.6. The summed E-state index contributed by atoms with van der Waals surface area (Å²) >= 11 is 1.41. The van der Waals surface area contributed by atoms with Gasteiger partial charge in [0.05, 0.1) is 52.9 Å². The second-order valence-electron chi connectivity index (χ2n) is 5.85. The van der Waals surface area contributed by atoms with Crippen LogP contribution in [0.3, 0.4) is 0 Å². The van der Waals surface area contributed by atoms with Crippen LogP contribution in [-0.2, 0) is 23.7 Å². The van der Waals surface area contributed by atoms with E-state index in [0.717, 1.165) is 24.7 Å². The fourth-order valence-electron chi connectivity index (χ4n) is 2.21. The maximum Gasteiger partial charge on any atom is 0.276 e. The topological polar surface area (TPSA) is 122 Å². The Kier molecular flexibility index (Phi) is 17.2. The van der Waals surface area contributed by atoms with Crippen LogP contribution in [0.5, 0.6) is 5.75 Å². The van der Waals surface area contributed by atoms with Crippen LogP contribution < -0.4 is 4.74 Å². The maximum absolute atomic E-state index is 10.1. The highest BCUT2D eigenvalue weighted by molar-refractivity contribution is 7.98. The van der Waals surface area contributed by atoms with Gasteiger partial charge in [0.15, 0.2) is 0 Å². The molecule has 0 bridgehead atoms. The number of rotatable bonds is 18. The highest BCUT2D eigenvalue weighted by atomic mass is 32.2. The molecular formula is C21H32N2O8S. The Morgan fingerprint density at radius 3 is 1.88 bits per heavy atom. The third-order valence-electron chi connectivity index (χ3n) is 3.67. The summed E-state index contributed by atoms with van der Waals surface area (Å²) in [5, 5.41) is 15.5. The fourth-order valence-corrected chi connectivity index (χ4v) is 2.50. The number of benzene rings is 1. The minimum absolute atomic E-state index is 0.418. The highest BCUT2D eigenvalue weighted by Gasteiger charge is 2.07. The van der Waals surface area contributed by atoms with E-state index in [1.54, 1.807) is 0 Å². The van der Waals surface area contributed by atoms with Gasteiger partial charge in [-0.25, -0.2) is 0 Å². The van der Waals surface area contributed by atoms with Crippen LogP contribution in [0.1, 0.15) is 6.42 Å². The van der Waals surface area contributed by atoms with Crippen LogP contribution in [0, 0.1) is 0 Å². The molecule has 0 aliphatic carbocycles. The van der Waals surface area contributed by atoms with Gasteiger partial charge in [-0.05, 0) is 30.5 Å². The van der Waals surface area contributed by atoms with E-state index in [4.69, 9.17) is 33.2 Å². The number of aldehydes is 1. The molecule has 0 fully saturated rings. The van der Waals surface area contributed by atoms with Crippen LogP contribution in [0.25, 0.3) is 11.5 Å². The molecule has 2 aromatic rings. The van der Waals surface area contributed by atoms with E-state index in [9.17, 15) is 4.79 Å². The summed E-state index contributed by atoms with van der Waals surface area (Å²) in [6, 6.07) is 7.46. The summed E-state index contributed by atoms with van der Waals surface area (Å²) in [6.07, 6.45) is 3.14. The number of carbonyl (C=O) groups is 1. The highest BCUT2D eigenvalue weighted by Crippen LogP contribution is 2.23. The lowest BCUT2D eigenvalue weighted by Crippen LogP contribution is -2.13. The molecule has 0 unspecified atom stereocenters. The number of ether oxygens (including phenoxy) is 5. The summed E-state index contributed by atoms with van der Waals surface area (Å²) < 4.78 is 32.5. The zero-order valence-corrected chi connectivity index (χ0v) is 19.4. The second-order valence-corrected chi connectivity index (χ2v) is 6.61. The van der Waals surface area contributed by atoms with Crippen molar-refractivity contribution in [2.45, 2.75) is 11.6 Å². The van der Waals surface area contributed by atoms with Crippen molar-refractivity contribution in [1.29, 1.82) is 0 Å². The molecule has 0 spiro atoms. The van der Waals surface area contributed by atoms with Crippen molar-refractivity contribution < 1.29 is 38.0 Å². The number of thioether (sulfide) groups is 1. The van der Waals surface area contributed by atoms with Gasteiger partial charge in [0.25, 0.3) is 5.22 Å². The van der Waals surface area contributed by atoms with E-state index >= 15 is 0 Å². The molecule has 0 radical (unpaired) electrons. The van der Waals surface area contributed by atoms with Gasteiger partial charge < -0.3 is 38.0 Å². The average molecular weight is 473 g/mol. The van der Waals surface area contributed by atoms with E-state index in [1.807, 2.05) is 30.5 Å². The van der Waals surface area contributed by atoms with Gasteiger partial charge in [0, 0.05) is 19.1 Å². The van der Waals surface area contributed by atoms with Crippen LogP contribution in [0.2, 0.25) is 0 Å². The van der Waals surface area contributed by atoms with Crippen molar-refractivity contribution in [2.75, 3.05) is 72.8 Å². The first-order chi connectivity index (χ1) is 15.8. The van der Waals surface area contributed by atoms with Crippen molar-refractivity contribution in [3.05, 3.63) is 24.3 Å². The summed E-state index contributed by atoms with van der Waals surface area (Å²) in [7, 11) is 1.00. The van der Waals surface area contributed by atoms with Crippen molar-refractivity contribution in [3.63, 3.8) is 0 Å². The number of carbonyl (C=O) groups excluding carboxylic acids is 1. The molecule has 1 N–H and O–H groups in total. The van der Waals surface area contributed by atoms with E-state index in [1.165, 1.54) is 11.8 Å². The average Bonchev–Trinajstić information content (AvgIpc) is 3.33. The number of hydrogen-bond donors (Lipinski definition) is 1. The second kappa shape index (κ2) is 19.6. The fraction of sp³-hybridized carbons (Fsp3) is 0.571. The van der Waals surface area contributed by atoms with Gasteiger partial charge in [-0.2, -0.15) is 0 Å². The van der Waals surface area contributed by atoms with Gasteiger partial charge in [0.2, 0.25) is 5.89 Å². The molecule has 0 aliphatic heterocycles. The number of hydrogen-bond acceptors (Lipinski definition) is 11. The monoisotopic (exact) mass is 472 g/mol. The Hall–Kier alpha value is -2.02. The lowest BCUT2D eigenvalue weighted by Gasteiger charge is -2.08. The minimum atomic E-state index is 0.418. The smallest absolute Gasteiger partial charge is 0.276 e. The third-order valence-corrected chi connectivity index (χ3v) is 4.19. The van der Waals surface area contributed by atoms with Gasteiger partial charge in [-0.15, -0.1) is 10.2 Å². The number of nitrogens with zero attached hydrogens (tertiary/aromatic N) is 2. The van der Waals surface area contributed by atoms with Gasteiger partial charge >= 0.3 is 0 Å². The standard InChI is InChI=1S/C20H28N2O7S.CH4O/c1-30-20-22-21-19(29-20)17-3-5-18(6-4-17)28-16-15-27-14-13-26-12-11-25-10-9-24-8-2-7-23;1-2/h3-7H,2,8-16H2,1H3;2H,1H3. The van der Waals surface area contributed by atoms with E-state index in [2.05, 4.69) is 10.2 Å². The normalized spacial score (nSPS) is 10.5. The SMILES string of the molecule is CO.CSc1nnc(-c2ccc(OCCOCCOCCOCCOCCC=O)cc2)o1. The van der Waals surface area contributed by atoms with Gasteiger partial charge in [-0.3, -0.25) is 0 Å². The van der Waals surface area contributed by atoms with E-state index in [-0.39, 0.29) is 0 Å². The van der Waals surface area contributed by atoms with Crippen LogP contribution in [-0.4, -0.2) is 94.4 Å². The molecule has 0 amide bonds. The first-order valence-corrected chi connectivity index (χ1v) is 11.4. The molecule has 32 heavy (non-hydrogen) atoms. The Bertz CT molecular complexity index is 699. The summed E-state index contributed by atoms with van der Waals surface area (Å²) in [6.45, 7) is 4.32. The summed E-state index contributed by atoms with van der Waals surface area (Å²) in [5.41, 5.74) is 0.845. The molecule has 0 atom stereocenters. The van der Waals surface area contributed by atoms with Crippen molar-refractivity contribution >= 4 is 18.0 Å². The molecule has 2 rings (SSSR count). The number of aliphatic hydroxyl groups excluding tert-OH is 1. The van der Waals surface area contributed by atoms with Crippen LogP contribution in [0.15, 0.2) is 33.9 Å². The molecule has 10 nitrogen and oxygen atoms in total. The van der Waals surface area contributed by atoms with Crippen LogP contribution in [0.4, 0.5) is 0 Å². The largest absolute Gasteiger partial charge is 0.491 e. The summed E-state index contributed by atoms with van der Waals surface area (Å²) in [5.74, 6) is 1.23. The van der Waals surface area contributed by atoms with Gasteiger partial charge in [-0.1, -0.05) is 11.8 Å². The Labute approximate surface area is 192 Å². The molecule has 0 saturated heterocycles. The number of aromatic nitrogens is 2. The Morgan fingerprint density at radius 1 is 0.844 bits per heavy atom. The lowest BCUT2D eigenvalue weighted by molar-refractivity contribution is -0.108. The molecule has 1 aromatic heterocycles. The minimum Gasteiger partial charge on any atom is -0.491 e. The van der Waals surface area contributed by atoms with Gasteiger partial charge in [0.1, 0.15) is 18.6 Å².